The fourth-order valence-electron chi connectivity index (χ4n) is 1.82. The van der Waals surface area contributed by atoms with Crippen molar-refractivity contribution in [2.75, 3.05) is 0 Å². The molecule has 17 heavy (non-hydrogen) atoms. The zero-order chi connectivity index (χ0) is 11.7. The lowest BCUT2D eigenvalue weighted by Crippen LogP contribution is -2.02. The van der Waals surface area contributed by atoms with Gasteiger partial charge in [-0.25, -0.2) is 9.97 Å². The normalized spacial score (nSPS) is 13.7. The molecule has 3 rings (SSSR count). The van der Waals surface area contributed by atoms with Gasteiger partial charge in [-0.3, -0.25) is 4.98 Å². The van der Waals surface area contributed by atoms with Crippen molar-refractivity contribution < 1.29 is 0 Å². The number of hydrogen-bond donors (Lipinski definition) is 0. The largest absolute Gasteiger partial charge is 0.264 e. The number of thioether (sulfide) groups is 1. The summed E-state index contributed by atoms with van der Waals surface area (Å²) in [5.74, 6) is 2.66. The van der Waals surface area contributed by atoms with Crippen LogP contribution in [0.1, 0.15) is 22.6 Å². The van der Waals surface area contributed by atoms with Crippen molar-refractivity contribution in [1.29, 1.82) is 0 Å². The monoisotopic (exact) mass is 263 g/mol. The molecule has 5 heteroatoms. The molecule has 1 aliphatic rings. The summed E-state index contributed by atoms with van der Waals surface area (Å²) in [6.45, 7) is 0. The van der Waals surface area contributed by atoms with Crippen molar-refractivity contribution in [3.8, 4) is 0 Å². The standard InChI is InChI=1S/C12H10ClN3S/c13-12-9-6-17-7-10(9)15-11(16-12)4-8-2-1-3-14-5-8/h1-3,5H,4,6-7H2. The molecule has 0 aromatic carbocycles. The fraction of sp³-hybridized carbons (Fsp3) is 0.250. The smallest absolute Gasteiger partial charge is 0.137 e. The Labute approximate surface area is 109 Å². The second-order valence-electron chi connectivity index (χ2n) is 3.89. The Morgan fingerprint density at radius 3 is 3.06 bits per heavy atom. The molecule has 3 nitrogen and oxygen atoms in total. The Morgan fingerprint density at radius 2 is 2.24 bits per heavy atom. The highest BCUT2D eigenvalue weighted by molar-refractivity contribution is 7.98. The first-order chi connectivity index (χ1) is 8.33. The molecule has 2 aromatic rings. The third kappa shape index (κ3) is 2.28. The van der Waals surface area contributed by atoms with E-state index >= 15 is 0 Å². The number of halogens is 1. The SMILES string of the molecule is Clc1nc(Cc2cccnc2)nc2c1CSC2. The van der Waals surface area contributed by atoms with Gasteiger partial charge in [0, 0.05) is 35.9 Å². The molecule has 0 radical (unpaired) electrons. The summed E-state index contributed by atoms with van der Waals surface area (Å²) in [6, 6.07) is 3.94. The summed E-state index contributed by atoms with van der Waals surface area (Å²) in [5, 5.41) is 0.610. The zero-order valence-electron chi connectivity index (χ0n) is 9.06. The van der Waals surface area contributed by atoms with Crippen LogP contribution in [0.5, 0.6) is 0 Å². The minimum atomic E-state index is 0.610. The predicted molar refractivity (Wildman–Crippen MR) is 69.1 cm³/mol. The topological polar surface area (TPSA) is 38.7 Å². The van der Waals surface area contributed by atoms with Gasteiger partial charge in [0.05, 0.1) is 5.69 Å². The number of nitrogens with zero attached hydrogens (tertiary/aromatic N) is 3. The number of pyridine rings is 1. The van der Waals surface area contributed by atoms with Crippen LogP contribution < -0.4 is 0 Å². The average molecular weight is 264 g/mol. The van der Waals surface area contributed by atoms with E-state index in [2.05, 4.69) is 15.0 Å². The van der Waals surface area contributed by atoms with Crippen LogP contribution in [0.2, 0.25) is 5.15 Å². The first-order valence-electron chi connectivity index (χ1n) is 5.34. The van der Waals surface area contributed by atoms with Gasteiger partial charge in [-0.05, 0) is 11.6 Å². The van der Waals surface area contributed by atoms with E-state index in [1.54, 1.807) is 6.20 Å². The molecule has 0 fully saturated rings. The van der Waals surface area contributed by atoms with E-state index < -0.39 is 0 Å². The molecule has 86 valence electrons. The molecule has 0 unspecified atom stereocenters. The molecule has 0 amide bonds. The summed E-state index contributed by atoms with van der Waals surface area (Å²) < 4.78 is 0. The molecular weight excluding hydrogens is 254 g/mol. The van der Waals surface area contributed by atoms with Gasteiger partial charge in [0.1, 0.15) is 11.0 Å². The molecule has 0 bridgehead atoms. The highest BCUT2D eigenvalue weighted by Crippen LogP contribution is 2.32. The summed E-state index contributed by atoms with van der Waals surface area (Å²) in [4.78, 5) is 13.0. The van der Waals surface area contributed by atoms with Crippen LogP contribution in [-0.4, -0.2) is 15.0 Å². The van der Waals surface area contributed by atoms with Gasteiger partial charge in [-0.15, -0.1) is 0 Å². The minimum Gasteiger partial charge on any atom is -0.264 e. The third-order valence-electron chi connectivity index (χ3n) is 2.66. The van der Waals surface area contributed by atoms with E-state index in [4.69, 9.17) is 11.6 Å². The van der Waals surface area contributed by atoms with Crippen LogP contribution in [0.25, 0.3) is 0 Å². The van der Waals surface area contributed by atoms with Crippen molar-refractivity contribution in [3.05, 3.63) is 52.3 Å². The molecule has 2 aromatic heterocycles. The van der Waals surface area contributed by atoms with E-state index in [0.29, 0.717) is 11.6 Å². The molecule has 0 saturated heterocycles. The van der Waals surface area contributed by atoms with Crippen molar-refractivity contribution in [1.82, 2.24) is 15.0 Å². The second-order valence-corrected chi connectivity index (χ2v) is 5.23. The fourth-order valence-corrected chi connectivity index (χ4v) is 3.22. The molecule has 0 aliphatic carbocycles. The molecule has 1 aliphatic heterocycles. The molecule has 3 heterocycles. The maximum absolute atomic E-state index is 6.16. The van der Waals surface area contributed by atoms with Crippen LogP contribution >= 0.6 is 23.4 Å². The number of hydrogen-bond acceptors (Lipinski definition) is 4. The molecule has 0 spiro atoms. The lowest BCUT2D eigenvalue weighted by molar-refractivity contribution is 0.923. The van der Waals surface area contributed by atoms with Crippen molar-refractivity contribution in [3.63, 3.8) is 0 Å². The first kappa shape index (κ1) is 11.0. The van der Waals surface area contributed by atoms with Gasteiger partial charge in [-0.1, -0.05) is 17.7 Å². The highest BCUT2D eigenvalue weighted by Gasteiger charge is 2.18. The van der Waals surface area contributed by atoms with Crippen LogP contribution in [0.4, 0.5) is 0 Å². The third-order valence-corrected chi connectivity index (χ3v) is 3.94. The maximum atomic E-state index is 6.16. The van der Waals surface area contributed by atoms with E-state index in [1.807, 2.05) is 30.1 Å². The molecular formula is C12H10ClN3S. The number of rotatable bonds is 2. The van der Waals surface area contributed by atoms with Crippen LogP contribution in [0, 0.1) is 0 Å². The minimum absolute atomic E-state index is 0.610. The number of aromatic nitrogens is 3. The van der Waals surface area contributed by atoms with E-state index in [9.17, 15) is 0 Å². The Kier molecular flexibility index (Phi) is 2.99. The Balaban J connectivity index is 1.92. The second kappa shape index (κ2) is 4.63. The summed E-state index contributed by atoms with van der Waals surface area (Å²) >= 11 is 7.99. The van der Waals surface area contributed by atoms with Gasteiger partial charge >= 0.3 is 0 Å². The Bertz CT molecular complexity index is 545. The summed E-state index contributed by atoms with van der Waals surface area (Å²) in [7, 11) is 0. The van der Waals surface area contributed by atoms with Gasteiger partial charge in [0.2, 0.25) is 0 Å². The highest BCUT2D eigenvalue weighted by atomic mass is 35.5. The van der Waals surface area contributed by atoms with Gasteiger partial charge in [0.25, 0.3) is 0 Å². The van der Waals surface area contributed by atoms with E-state index in [1.165, 1.54) is 0 Å². The molecule has 0 N–H and O–H groups in total. The lowest BCUT2D eigenvalue weighted by atomic mass is 10.2. The quantitative estimate of drug-likeness (QED) is 0.781. The molecule has 0 saturated carbocycles. The Morgan fingerprint density at radius 1 is 1.29 bits per heavy atom. The van der Waals surface area contributed by atoms with Crippen molar-refractivity contribution >= 4 is 23.4 Å². The Hall–Kier alpha value is -1.13. The number of fused-ring (bicyclic) bond motifs is 1. The lowest BCUT2D eigenvalue weighted by Gasteiger charge is -2.04. The van der Waals surface area contributed by atoms with Crippen LogP contribution in [-0.2, 0) is 17.9 Å². The van der Waals surface area contributed by atoms with Crippen LogP contribution in [0.15, 0.2) is 24.5 Å². The zero-order valence-corrected chi connectivity index (χ0v) is 10.6. The van der Waals surface area contributed by atoms with E-state index in [0.717, 1.165) is 34.2 Å². The van der Waals surface area contributed by atoms with Gasteiger partial charge in [0.15, 0.2) is 0 Å². The van der Waals surface area contributed by atoms with Crippen LogP contribution in [0.3, 0.4) is 0 Å². The van der Waals surface area contributed by atoms with Gasteiger partial charge in [-0.2, -0.15) is 11.8 Å². The van der Waals surface area contributed by atoms with Crippen molar-refractivity contribution in [2.24, 2.45) is 0 Å². The van der Waals surface area contributed by atoms with Crippen molar-refractivity contribution in [2.45, 2.75) is 17.9 Å². The predicted octanol–water partition coefficient (Wildman–Crippen LogP) is 2.86. The summed E-state index contributed by atoms with van der Waals surface area (Å²) in [6.07, 6.45) is 4.28. The summed E-state index contributed by atoms with van der Waals surface area (Å²) in [5.41, 5.74) is 3.30. The first-order valence-corrected chi connectivity index (χ1v) is 6.87. The maximum Gasteiger partial charge on any atom is 0.137 e. The van der Waals surface area contributed by atoms with E-state index in [-0.39, 0.29) is 0 Å². The van der Waals surface area contributed by atoms with Gasteiger partial charge < -0.3 is 0 Å². The average Bonchev–Trinajstić information content (AvgIpc) is 2.79. The molecule has 0 atom stereocenters.